The van der Waals surface area contributed by atoms with E-state index in [2.05, 4.69) is 26.6 Å². The molecule has 196 valence electrons. The Hall–Kier alpha value is -5.08. The zero-order valence-electron chi connectivity index (χ0n) is 21.5. The molecule has 5 rings (SSSR count). The number of piperidine rings is 1. The number of aliphatic imine (C=N–C) groups is 1. The molecular weight excluding hydrogens is 492 g/mol. The number of aromatic nitrogens is 5. The normalized spacial score (nSPS) is 14.6. The number of carbonyl (C=O) groups excluding carboxylic acids is 2. The number of nitrogen functional groups attached to an aromatic ring is 1. The number of amides is 1. The smallest absolute Gasteiger partial charge is 0.289 e. The first-order valence-corrected chi connectivity index (χ1v) is 12.6. The summed E-state index contributed by atoms with van der Waals surface area (Å²) < 4.78 is 1.50. The first kappa shape index (κ1) is 25.6. The molecule has 0 atom stereocenters. The molecule has 4 aromatic rings. The summed E-state index contributed by atoms with van der Waals surface area (Å²) in [4.78, 5) is 42.4. The van der Waals surface area contributed by atoms with E-state index in [-0.39, 0.29) is 11.8 Å². The molecule has 1 aliphatic rings. The van der Waals surface area contributed by atoms with E-state index in [9.17, 15) is 9.59 Å². The molecular formula is C29H28N8O2. The second kappa shape index (κ2) is 11.1. The van der Waals surface area contributed by atoms with E-state index < -0.39 is 0 Å². The van der Waals surface area contributed by atoms with E-state index in [1.54, 1.807) is 29.7 Å². The molecule has 4 heterocycles. The Balaban J connectivity index is 1.44. The van der Waals surface area contributed by atoms with Crippen LogP contribution in [0, 0.1) is 0 Å². The van der Waals surface area contributed by atoms with Gasteiger partial charge in [-0.25, -0.2) is 14.8 Å². The third-order valence-corrected chi connectivity index (χ3v) is 6.87. The molecule has 3 N–H and O–H groups in total. The Morgan fingerprint density at radius 1 is 1.26 bits per heavy atom. The number of aromatic amines is 1. The number of allylic oxidation sites excluding steroid dienone is 2. The largest absolute Gasteiger partial charge is 0.383 e. The molecule has 1 saturated heterocycles. The minimum atomic E-state index is -0.140. The van der Waals surface area contributed by atoms with Gasteiger partial charge >= 0.3 is 0 Å². The average molecular weight is 521 g/mol. The highest BCUT2D eigenvalue weighted by Crippen LogP contribution is 2.34. The van der Waals surface area contributed by atoms with E-state index in [4.69, 9.17) is 10.7 Å². The molecule has 0 unspecified atom stereocenters. The monoisotopic (exact) mass is 520 g/mol. The summed E-state index contributed by atoms with van der Waals surface area (Å²) in [6.07, 6.45) is 11.1. The molecule has 0 saturated carbocycles. The minimum Gasteiger partial charge on any atom is -0.383 e. The predicted molar refractivity (Wildman–Crippen MR) is 152 cm³/mol. The summed E-state index contributed by atoms with van der Waals surface area (Å²) in [5.41, 5.74) is 11.3. The van der Waals surface area contributed by atoms with Crippen LogP contribution in [-0.4, -0.2) is 60.6 Å². The first-order chi connectivity index (χ1) is 19.0. The summed E-state index contributed by atoms with van der Waals surface area (Å²) in [7, 11) is 0. The number of nitrogens with zero attached hydrogens (tertiary/aromatic N) is 6. The summed E-state index contributed by atoms with van der Waals surface area (Å²) in [6.45, 7) is 7.18. The van der Waals surface area contributed by atoms with Gasteiger partial charge in [-0.2, -0.15) is 9.61 Å². The standard InChI is InChI=1S/C29H28N8O2/c1-3-24(20-7-5-4-6-8-20)33-17-19(2)23-18-34-37-26(30)22(11-16-38)25(35-28(23)37)21-9-14-36(15-10-21)29(39)27-31-12-13-32-27/h3-8,11-13,17-18,21H,2,9-10,14-15,30H2,1H3,(H,31,32)/b24-3-,33-17?. The summed E-state index contributed by atoms with van der Waals surface area (Å²) in [5.74, 6) is 2.29. The number of H-pyrrole nitrogens is 1. The Morgan fingerprint density at radius 3 is 2.69 bits per heavy atom. The Morgan fingerprint density at radius 2 is 2.03 bits per heavy atom. The fourth-order valence-corrected chi connectivity index (χ4v) is 4.82. The molecule has 39 heavy (non-hydrogen) atoms. The van der Waals surface area contributed by atoms with Crippen LogP contribution in [0.5, 0.6) is 0 Å². The van der Waals surface area contributed by atoms with E-state index in [0.29, 0.717) is 65.6 Å². The summed E-state index contributed by atoms with van der Waals surface area (Å²) in [5, 5.41) is 4.42. The molecule has 1 fully saturated rings. The van der Waals surface area contributed by atoms with Crippen molar-refractivity contribution in [2.75, 3.05) is 18.8 Å². The Kier molecular flexibility index (Phi) is 7.29. The maximum atomic E-state index is 12.7. The van der Waals surface area contributed by atoms with Crippen LogP contribution in [0.1, 0.15) is 58.7 Å². The number of hydrogen-bond acceptors (Lipinski definition) is 7. The van der Waals surface area contributed by atoms with Crippen molar-refractivity contribution in [3.8, 4) is 0 Å². The predicted octanol–water partition coefficient (Wildman–Crippen LogP) is 4.04. The van der Waals surface area contributed by atoms with Crippen molar-refractivity contribution in [2.45, 2.75) is 25.7 Å². The topological polar surface area (TPSA) is 135 Å². The van der Waals surface area contributed by atoms with Crippen molar-refractivity contribution in [3.05, 3.63) is 89.8 Å². The van der Waals surface area contributed by atoms with E-state index in [1.807, 2.05) is 49.3 Å². The number of imidazole rings is 1. The second-order valence-corrected chi connectivity index (χ2v) is 9.18. The lowest BCUT2D eigenvalue weighted by Crippen LogP contribution is -2.38. The number of carbonyl (C=O) groups is 1. The van der Waals surface area contributed by atoms with Crippen LogP contribution in [-0.2, 0) is 4.79 Å². The van der Waals surface area contributed by atoms with Crippen molar-refractivity contribution < 1.29 is 9.59 Å². The molecule has 1 aliphatic heterocycles. The van der Waals surface area contributed by atoms with Gasteiger partial charge in [0, 0.05) is 54.8 Å². The van der Waals surface area contributed by atoms with Gasteiger partial charge in [0.15, 0.2) is 11.5 Å². The van der Waals surface area contributed by atoms with Gasteiger partial charge < -0.3 is 15.6 Å². The van der Waals surface area contributed by atoms with E-state index in [0.717, 1.165) is 11.3 Å². The summed E-state index contributed by atoms with van der Waals surface area (Å²) in [6, 6.07) is 9.88. The maximum absolute atomic E-state index is 12.7. The highest BCUT2D eigenvalue weighted by atomic mass is 16.2. The molecule has 0 spiro atoms. The van der Waals surface area contributed by atoms with Crippen LogP contribution in [0.25, 0.3) is 23.0 Å². The fourth-order valence-electron chi connectivity index (χ4n) is 4.82. The number of hydrogen-bond donors (Lipinski definition) is 2. The Labute approximate surface area is 225 Å². The van der Waals surface area contributed by atoms with Crippen LogP contribution < -0.4 is 5.73 Å². The quantitative estimate of drug-likeness (QED) is 0.279. The van der Waals surface area contributed by atoms with Crippen molar-refractivity contribution in [1.82, 2.24) is 29.5 Å². The van der Waals surface area contributed by atoms with Gasteiger partial charge in [0.1, 0.15) is 11.8 Å². The molecule has 10 nitrogen and oxygen atoms in total. The lowest BCUT2D eigenvalue weighted by molar-refractivity contribution is 0.0701. The molecule has 1 aromatic carbocycles. The van der Waals surface area contributed by atoms with Gasteiger partial charge in [0.05, 0.1) is 17.6 Å². The maximum Gasteiger partial charge on any atom is 0.289 e. The number of nitrogens with one attached hydrogen (secondary N) is 1. The third kappa shape index (κ3) is 5.05. The van der Waals surface area contributed by atoms with E-state index in [1.165, 1.54) is 10.6 Å². The van der Waals surface area contributed by atoms with E-state index >= 15 is 0 Å². The number of likely N-dealkylation sites (tertiary alicyclic amines) is 1. The molecule has 0 bridgehead atoms. The van der Waals surface area contributed by atoms with Crippen LogP contribution >= 0.6 is 0 Å². The van der Waals surface area contributed by atoms with Gasteiger partial charge in [-0.1, -0.05) is 43.0 Å². The van der Waals surface area contributed by atoms with Crippen LogP contribution in [0.2, 0.25) is 0 Å². The van der Waals surface area contributed by atoms with Gasteiger partial charge in [-0.05, 0) is 30.9 Å². The van der Waals surface area contributed by atoms with Gasteiger partial charge in [-0.15, -0.1) is 0 Å². The van der Waals surface area contributed by atoms with Crippen LogP contribution in [0.15, 0.2) is 66.6 Å². The van der Waals surface area contributed by atoms with Crippen LogP contribution in [0.4, 0.5) is 5.82 Å². The SMILES string of the molecule is C=C(C=N/C(=C\C)c1ccccc1)c1cnn2c(N)c(C=C=O)c(C3CCN(C(=O)c4ncc[nH]4)CC3)nc12. The number of anilines is 1. The van der Waals surface area contributed by atoms with Crippen molar-refractivity contribution in [1.29, 1.82) is 0 Å². The molecule has 1 amide bonds. The first-order valence-electron chi connectivity index (χ1n) is 12.6. The van der Waals surface area contributed by atoms with Crippen molar-refractivity contribution >= 4 is 46.9 Å². The number of benzene rings is 1. The van der Waals surface area contributed by atoms with Gasteiger partial charge in [-0.3, -0.25) is 9.79 Å². The molecule has 3 aromatic heterocycles. The highest BCUT2D eigenvalue weighted by molar-refractivity contribution is 6.12. The highest BCUT2D eigenvalue weighted by Gasteiger charge is 2.29. The zero-order chi connectivity index (χ0) is 27.4. The number of rotatable bonds is 7. The molecule has 10 heteroatoms. The van der Waals surface area contributed by atoms with Gasteiger partial charge in [0.25, 0.3) is 5.91 Å². The summed E-state index contributed by atoms with van der Waals surface area (Å²) >= 11 is 0. The molecule has 0 radical (unpaired) electrons. The average Bonchev–Trinajstić information content (AvgIpc) is 3.66. The molecule has 0 aliphatic carbocycles. The lowest BCUT2D eigenvalue weighted by atomic mass is 9.90. The minimum absolute atomic E-state index is 0.0186. The third-order valence-electron chi connectivity index (χ3n) is 6.87. The Bertz CT molecular complexity index is 1620. The lowest BCUT2D eigenvalue weighted by Gasteiger charge is -2.32. The zero-order valence-corrected chi connectivity index (χ0v) is 21.5. The van der Waals surface area contributed by atoms with Crippen molar-refractivity contribution in [3.63, 3.8) is 0 Å². The van der Waals surface area contributed by atoms with Gasteiger partial charge in [0.2, 0.25) is 0 Å². The number of fused-ring (bicyclic) bond motifs is 1. The number of nitrogens with two attached hydrogens (primary N) is 1. The van der Waals surface area contributed by atoms with Crippen molar-refractivity contribution in [2.24, 2.45) is 4.99 Å². The fraction of sp³-hybridized carbons (Fsp3) is 0.207. The second-order valence-electron chi connectivity index (χ2n) is 9.18. The van der Waals surface area contributed by atoms with Crippen LogP contribution in [0.3, 0.4) is 0 Å².